The quantitative estimate of drug-likeness (QED) is 0.693. The van der Waals surface area contributed by atoms with Crippen molar-refractivity contribution in [1.82, 2.24) is 4.57 Å². The molecule has 0 aliphatic heterocycles. The number of nitrogens with zero attached hydrogens (tertiary/aromatic N) is 1. The molecule has 2 aromatic carbocycles. The second-order valence-corrected chi connectivity index (χ2v) is 8.74. The van der Waals surface area contributed by atoms with E-state index in [1.54, 1.807) is 12.1 Å². The van der Waals surface area contributed by atoms with Gasteiger partial charge in [-0.05, 0) is 60.5 Å². The highest BCUT2D eigenvalue weighted by atomic mass is 32.2. The van der Waals surface area contributed by atoms with Crippen LogP contribution in [0.5, 0.6) is 0 Å². The van der Waals surface area contributed by atoms with Crippen LogP contribution in [-0.2, 0) is 14.8 Å². The zero-order chi connectivity index (χ0) is 18.9. The van der Waals surface area contributed by atoms with Crippen LogP contribution in [0.15, 0.2) is 70.6 Å². The molecule has 3 rings (SSSR count). The van der Waals surface area contributed by atoms with Gasteiger partial charge in [0, 0.05) is 23.7 Å². The molecular weight excluding hydrogens is 368 g/mol. The Morgan fingerprint density at radius 1 is 1.04 bits per heavy atom. The Balaban J connectivity index is 1.99. The van der Waals surface area contributed by atoms with Crippen molar-refractivity contribution in [3.63, 3.8) is 0 Å². The Labute approximate surface area is 156 Å². The van der Waals surface area contributed by atoms with Gasteiger partial charge in [0.25, 0.3) is 0 Å². The van der Waals surface area contributed by atoms with Gasteiger partial charge in [0.2, 0.25) is 10.0 Å². The fourth-order valence-corrected chi connectivity index (χ4v) is 3.81. The lowest BCUT2D eigenvalue weighted by atomic mass is 10.1. The topological polar surface area (TPSA) is 82.2 Å². The van der Waals surface area contributed by atoms with Gasteiger partial charge in [0.15, 0.2) is 5.12 Å². The molecule has 0 saturated heterocycles. The molecule has 1 heterocycles. The minimum atomic E-state index is -3.71. The summed E-state index contributed by atoms with van der Waals surface area (Å²) >= 11 is 1.20. The Hall–Kier alpha value is -2.35. The van der Waals surface area contributed by atoms with Gasteiger partial charge in [-0.1, -0.05) is 23.9 Å². The molecule has 2 N–H and O–H groups in total. The summed E-state index contributed by atoms with van der Waals surface area (Å²) in [4.78, 5) is 12.2. The fourth-order valence-electron chi connectivity index (χ4n) is 2.69. The van der Waals surface area contributed by atoms with Crippen LogP contribution in [-0.4, -0.2) is 18.1 Å². The lowest BCUT2D eigenvalue weighted by molar-refractivity contribution is -0.109. The SMILES string of the molecule is CC(=O)Sc1ccc(-n2cc(C)cc2-c2ccc(S(N)(=O)=O)cc2)cc1. The molecule has 0 aliphatic carbocycles. The summed E-state index contributed by atoms with van der Waals surface area (Å²) in [6, 6.07) is 16.2. The van der Waals surface area contributed by atoms with Gasteiger partial charge in [-0.2, -0.15) is 0 Å². The largest absolute Gasteiger partial charge is 0.316 e. The second kappa shape index (κ2) is 7.11. The number of carbonyl (C=O) groups excluding carboxylic acids is 1. The molecule has 0 radical (unpaired) electrons. The van der Waals surface area contributed by atoms with E-state index in [1.165, 1.54) is 30.8 Å². The summed E-state index contributed by atoms with van der Waals surface area (Å²) in [5.41, 5.74) is 3.86. The van der Waals surface area contributed by atoms with E-state index in [0.717, 1.165) is 27.4 Å². The van der Waals surface area contributed by atoms with E-state index in [0.29, 0.717) is 0 Å². The number of aromatic nitrogens is 1. The van der Waals surface area contributed by atoms with Gasteiger partial charge in [0.1, 0.15) is 0 Å². The average Bonchev–Trinajstić information content (AvgIpc) is 2.96. The maximum atomic E-state index is 11.4. The predicted molar refractivity (Wildman–Crippen MR) is 104 cm³/mol. The summed E-state index contributed by atoms with van der Waals surface area (Å²) in [7, 11) is -3.71. The summed E-state index contributed by atoms with van der Waals surface area (Å²) in [5, 5.41) is 5.21. The Kier molecular flexibility index (Phi) is 5.04. The molecule has 134 valence electrons. The summed E-state index contributed by atoms with van der Waals surface area (Å²) in [6.45, 7) is 3.54. The lowest BCUT2D eigenvalue weighted by Crippen LogP contribution is -2.11. The Morgan fingerprint density at radius 3 is 2.19 bits per heavy atom. The first-order valence-electron chi connectivity index (χ1n) is 7.85. The van der Waals surface area contributed by atoms with Gasteiger partial charge < -0.3 is 4.57 Å². The lowest BCUT2D eigenvalue weighted by Gasteiger charge is -2.10. The van der Waals surface area contributed by atoms with Crippen LogP contribution in [0.4, 0.5) is 0 Å². The molecule has 0 bridgehead atoms. The number of benzene rings is 2. The van der Waals surface area contributed by atoms with Gasteiger partial charge in [-0.3, -0.25) is 4.79 Å². The minimum absolute atomic E-state index is 0.0465. The number of hydrogen-bond donors (Lipinski definition) is 1. The molecule has 1 aromatic heterocycles. The third-order valence-corrected chi connectivity index (χ3v) is 5.54. The third-order valence-electron chi connectivity index (χ3n) is 3.81. The molecular formula is C19H18N2O3S2. The second-order valence-electron chi connectivity index (χ2n) is 5.93. The summed E-state index contributed by atoms with van der Waals surface area (Å²) < 4.78 is 24.9. The molecule has 0 unspecified atom stereocenters. The number of rotatable bonds is 4. The first kappa shape index (κ1) is 18.4. The van der Waals surface area contributed by atoms with Crippen molar-refractivity contribution in [1.29, 1.82) is 0 Å². The van der Waals surface area contributed by atoms with Gasteiger partial charge in [-0.15, -0.1) is 0 Å². The molecule has 7 heteroatoms. The van der Waals surface area contributed by atoms with Crippen molar-refractivity contribution in [2.75, 3.05) is 0 Å². The molecule has 0 aliphatic rings. The van der Waals surface area contributed by atoms with Crippen LogP contribution < -0.4 is 5.14 Å². The number of aryl methyl sites for hydroxylation is 1. The van der Waals surface area contributed by atoms with Crippen molar-refractivity contribution in [3.8, 4) is 16.9 Å². The molecule has 5 nitrogen and oxygen atoms in total. The van der Waals surface area contributed by atoms with Gasteiger partial charge >= 0.3 is 0 Å². The van der Waals surface area contributed by atoms with E-state index in [1.807, 2.05) is 48.0 Å². The molecule has 0 fully saturated rings. The first-order chi connectivity index (χ1) is 12.2. The third kappa shape index (κ3) is 4.07. The maximum Gasteiger partial charge on any atom is 0.238 e. The van der Waals surface area contributed by atoms with E-state index < -0.39 is 10.0 Å². The molecule has 3 aromatic rings. The molecule has 26 heavy (non-hydrogen) atoms. The summed E-state index contributed by atoms with van der Waals surface area (Å²) in [6.07, 6.45) is 2.01. The van der Waals surface area contributed by atoms with E-state index in [9.17, 15) is 13.2 Å². The molecule has 0 amide bonds. The maximum absolute atomic E-state index is 11.4. The highest BCUT2D eigenvalue weighted by Crippen LogP contribution is 2.28. The van der Waals surface area contributed by atoms with Gasteiger partial charge in [-0.25, -0.2) is 13.6 Å². The first-order valence-corrected chi connectivity index (χ1v) is 10.2. The van der Waals surface area contributed by atoms with E-state index in [2.05, 4.69) is 0 Å². The molecule has 0 atom stereocenters. The van der Waals surface area contributed by atoms with Crippen molar-refractivity contribution in [3.05, 3.63) is 66.4 Å². The number of primary sulfonamides is 1. The zero-order valence-electron chi connectivity index (χ0n) is 14.3. The van der Waals surface area contributed by atoms with E-state index in [4.69, 9.17) is 5.14 Å². The van der Waals surface area contributed by atoms with Crippen LogP contribution in [0.1, 0.15) is 12.5 Å². The zero-order valence-corrected chi connectivity index (χ0v) is 16.0. The number of hydrogen-bond acceptors (Lipinski definition) is 4. The smallest absolute Gasteiger partial charge is 0.238 e. The number of carbonyl (C=O) groups is 1. The van der Waals surface area contributed by atoms with Crippen molar-refractivity contribution < 1.29 is 13.2 Å². The van der Waals surface area contributed by atoms with Crippen LogP contribution in [0.3, 0.4) is 0 Å². The van der Waals surface area contributed by atoms with Crippen molar-refractivity contribution in [2.24, 2.45) is 5.14 Å². The molecule has 0 saturated carbocycles. The Bertz CT molecular complexity index is 1050. The highest BCUT2D eigenvalue weighted by Gasteiger charge is 2.11. The summed E-state index contributed by atoms with van der Waals surface area (Å²) in [5.74, 6) is 0. The molecule has 0 spiro atoms. The van der Waals surface area contributed by atoms with Gasteiger partial charge in [0.05, 0.1) is 10.6 Å². The van der Waals surface area contributed by atoms with Crippen LogP contribution in [0.25, 0.3) is 16.9 Å². The minimum Gasteiger partial charge on any atom is -0.316 e. The number of thioether (sulfide) groups is 1. The average molecular weight is 386 g/mol. The number of sulfonamides is 1. The van der Waals surface area contributed by atoms with E-state index in [-0.39, 0.29) is 10.0 Å². The normalized spacial score (nSPS) is 11.5. The van der Waals surface area contributed by atoms with Crippen molar-refractivity contribution in [2.45, 2.75) is 23.6 Å². The monoisotopic (exact) mass is 386 g/mol. The predicted octanol–water partition coefficient (Wildman–Crippen LogP) is 3.74. The van der Waals surface area contributed by atoms with E-state index >= 15 is 0 Å². The van der Waals surface area contributed by atoms with Crippen molar-refractivity contribution >= 4 is 26.9 Å². The highest BCUT2D eigenvalue weighted by molar-refractivity contribution is 8.13. The van der Waals surface area contributed by atoms with Crippen LogP contribution in [0.2, 0.25) is 0 Å². The Morgan fingerprint density at radius 2 is 1.65 bits per heavy atom. The fraction of sp³-hybridized carbons (Fsp3) is 0.105. The van der Waals surface area contributed by atoms with Crippen LogP contribution in [0, 0.1) is 6.92 Å². The van der Waals surface area contributed by atoms with Crippen LogP contribution >= 0.6 is 11.8 Å². The standard InChI is InChI=1S/C19H18N2O3S2/c1-13-11-19(15-3-9-18(10-4-15)26(20,23)24)21(12-13)16-5-7-17(8-6-16)25-14(2)22/h3-12H,1-2H3,(H2,20,23,24). The number of nitrogens with two attached hydrogens (primary N) is 1.